The molecule has 0 amide bonds. The van der Waals surface area contributed by atoms with Gasteiger partial charge >= 0.3 is 0 Å². The van der Waals surface area contributed by atoms with Crippen molar-refractivity contribution in [3.8, 4) is 22.8 Å². The van der Waals surface area contributed by atoms with E-state index in [0.717, 1.165) is 29.7 Å². The highest BCUT2D eigenvalue weighted by molar-refractivity contribution is 5.80. The van der Waals surface area contributed by atoms with E-state index in [1.165, 1.54) is 32.0 Å². The lowest BCUT2D eigenvalue weighted by atomic mass is 10.2. The van der Waals surface area contributed by atoms with Crippen molar-refractivity contribution in [3.05, 3.63) is 54.6 Å². The van der Waals surface area contributed by atoms with Crippen LogP contribution in [0.2, 0.25) is 0 Å². The zero-order valence-corrected chi connectivity index (χ0v) is 15.4. The first-order chi connectivity index (χ1) is 13.8. The van der Waals surface area contributed by atoms with Gasteiger partial charge in [-0.25, -0.2) is 9.37 Å². The Kier molecular flexibility index (Phi) is 4.37. The fourth-order valence-electron chi connectivity index (χ4n) is 3.72. The van der Waals surface area contributed by atoms with Gasteiger partial charge in [0, 0.05) is 18.7 Å². The molecule has 7 heteroatoms. The van der Waals surface area contributed by atoms with E-state index in [9.17, 15) is 4.39 Å². The molecule has 0 N–H and O–H groups in total. The summed E-state index contributed by atoms with van der Waals surface area (Å²) in [5.41, 5.74) is 3.06. The standard InChI is InChI=1S/C21H20FN5O/c22-17-6-2-1-5-16(17)21-24-20(25-28-21)15-7-8-19-18(13-15)23-14-27(19)12-11-26-9-3-4-10-26/h1-2,5-8,13-14H,3-4,9-12H2. The van der Waals surface area contributed by atoms with E-state index in [4.69, 9.17) is 4.52 Å². The van der Waals surface area contributed by atoms with Gasteiger partial charge in [-0.15, -0.1) is 0 Å². The Morgan fingerprint density at radius 2 is 1.89 bits per heavy atom. The van der Waals surface area contributed by atoms with Crippen molar-refractivity contribution in [2.24, 2.45) is 0 Å². The van der Waals surface area contributed by atoms with Gasteiger partial charge in [-0.05, 0) is 56.3 Å². The molecule has 0 unspecified atom stereocenters. The molecule has 4 aromatic rings. The molecule has 1 aliphatic heterocycles. The Balaban J connectivity index is 1.39. The highest BCUT2D eigenvalue weighted by atomic mass is 19.1. The maximum atomic E-state index is 13.9. The second kappa shape index (κ2) is 7.16. The molecule has 0 radical (unpaired) electrons. The highest BCUT2D eigenvalue weighted by Crippen LogP contribution is 2.26. The Morgan fingerprint density at radius 1 is 1.04 bits per heavy atom. The molecule has 2 aromatic heterocycles. The van der Waals surface area contributed by atoms with Crippen LogP contribution in [0.1, 0.15) is 12.8 Å². The number of halogens is 1. The third kappa shape index (κ3) is 3.18. The molecule has 0 saturated carbocycles. The third-order valence-electron chi connectivity index (χ3n) is 5.27. The summed E-state index contributed by atoms with van der Waals surface area (Å²) < 4.78 is 21.4. The lowest BCUT2D eigenvalue weighted by Gasteiger charge is -2.14. The quantitative estimate of drug-likeness (QED) is 0.526. The minimum Gasteiger partial charge on any atom is -0.334 e. The van der Waals surface area contributed by atoms with Gasteiger partial charge in [0.25, 0.3) is 5.89 Å². The van der Waals surface area contributed by atoms with Crippen molar-refractivity contribution in [1.82, 2.24) is 24.6 Å². The van der Waals surface area contributed by atoms with Crippen molar-refractivity contribution < 1.29 is 8.91 Å². The van der Waals surface area contributed by atoms with Gasteiger partial charge in [0.05, 0.1) is 22.9 Å². The number of benzene rings is 2. The summed E-state index contributed by atoms with van der Waals surface area (Å²) >= 11 is 0. The minimum absolute atomic E-state index is 0.171. The van der Waals surface area contributed by atoms with Gasteiger partial charge in [-0.3, -0.25) is 0 Å². The van der Waals surface area contributed by atoms with Crippen molar-refractivity contribution in [1.29, 1.82) is 0 Å². The summed E-state index contributed by atoms with van der Waals surface area (Å²) in [5.74, 6) is 0.209. The van der Waals surface area contributed by atoms with Crippen LogP contribution >= 0.6 is 0 Å². The molecule has 142 valence electrons. The molecule has 0 aliphatic carbocycles. The number of rotatable bonds is 5. The van der Waals surface area contributed by atoms with E-state index in [1.54, 1.807) is 18.2 Å². The molecule has 0 atom stereocenters. The van der Waals surface area contributed by atoms with Crippen LogP contribution < -0.4 is 0 Å². The second-order valence-electron chi connectivity index (χ2n) is 7.09. The van der Waals surface area contributed by atoms with Crippen LogP contribution in [0.15, 0.2) is 53.3 Å². The zero-order valence-electron chi connectivity index (χ0n) is 15.4. The summed E-state index contributed by atoms with van der Waals surface area (Å²) in [6, 6.07) is 12.3. The number of hydrogen-bond acceptors (Lipinski definition) is 5. The van der Waals surface area contributed by atoms with E-state index >= 15 is 0 Å². The minimum atomic E-state index is -0.384. The largest absolute Gasteiger partial charge is 0.334 e. The van der Waals surface area contributed by atoms with Crippen molar-refractivity contribution in [2.45, 2.75) is 19.4 Å². The Labute approximate surface area is 161 Å². The maximum absolute atomic E-state index is 13.9. The Morgan fingerprint density at radius 3 is 2.75 bits per heavy atom. The van der Waals surface area contributed by atoms with Crippen LogP contribution in [0.4, 0.5) is 4.39 Å². The first kappa shape index (κ1) is 17.1. The van der Waals surface area contributed by atoms with Gasteiger partial charge in [-0.2, -0.15) is 4.98 Å². The van der Waals surface area contributed by atoms with Gasteiger partial charge in [0.15, 0.2) is 0 Å². The topological polar surface area (TPSA) is 60.0 Å². The summed E-state index contributed by atoms with van der Waals surface area (Å²) in [6.07, 6.45) is 4.48. The van der Waals surface area contributed by atoms with E-state index < -0.39 is 0 Å². The molecule has 2 aromatic carbocycles. The average Bonchev–Trinajstić information content (AvgIpc) is 3.47. The van der Waals surface area contributed by atoms with E-state index in [1.807, 2.05) is 24.5 Å². The average molecular weight is 377 g/mol. The van der Waals surface area contributed by atoms with Crippen LogP contribution in [0, 0.1) is 5.82 Å². The van der Waals surface area contributed by atoms with Crippen molar-refractivity contribution in [2.75, 3.05) is 19.6 Å². The summed E-state index contributed by atoms with van der Waals surface area (Å²) in [4.78, 5) is 11.4. The van der Waals surface area contributed by atoms with E-state index in [-0.39, 0.29) is 11.7 Å². The molecule has 5 rings (SSSR count). The first-order valence-corrected chi connectivity index (χ1v) is 9.54. The molecule has 3 heterocycles. The smallest absolute Gasteiger partial charge is 0.261 e. The predicted octanol–water partition coefficient (Wildman–Crippen LogP) is 3.99. The lowest BCUT2D eigenvalue weighted by molar-refractivity contribution is 0.324. The zero-order chi connectivity index (χ0) is 18.9. The number of fused-ring (bicyclic) bond motifs is 1. The van der Waals surface area contributed by atoms with Gasteiger partial charge < -0.3 is 14.0 Å². The highest BCUT2D eigenvalue weighted by Gasteiger charge is 2.15. The summed E-state index contributed by atoms with van der Waals surface area (Å²) in [7, 11) is 0. The van der Waals surface area contributed by atoms with Crippen molar-refractivity contribution in [3.63, 3.8) is 0 Å². The number of likely N-dealkylation sites (tertiary alicyclic amines) is 1. The van der Waals surface area contributed by atoms with E-state index in [2.05, 4.69) is 24.6 Å². The van der Waals surface area contributed by atoms with Crippen LogP contribution in [0.3, 0.4) is 0 Å². The number of imidazole rings is 1. The van der Waals surface area contributed by atoms with Crippen LogP contribution in [-0.2, 0) is 6.54 Å². The monoisotopic (exact) mass is 377 g/mol. The molecule has 1 aliphatic rings. The summed E-state index contributed by atoms with van der Waals surface area (Å²) in [5, 5.41) is 4.01. The molecule has 0 bridgehead atoms. The fourth-order valence-corrected chi connectivity index (χ4v) is 3.72. The SMILES string of the molecule is Fc1ccccc1-c1nc(-c2ccc3c(c2)ncn3CCN2CCCC2)no1. The van der Waals surface area contributed by atoms with Crippen LogP contribution in [-0.4, -0.2) is 44.2 Å². The lowest BCUT2D eigenvalue weighted by Crippen LogP contribution is -2.23. The number of aromatic nitrogens is 4. The van der Waals surface area contributed by atoms with Gasteiger partial charge in [0.1, 0.15) is 5.82 Å². The van der Waals surface area contributed by atoms with Crippen LogP contribution in [0.25, 0.3) is 33.9 Å². The molecular formula is C21H20FN5O. The molecule has 1 saturated heterocycles. The Bertz CT molecular complexity index is 1110. The second-order valence-corrected chi connectivity index (χ2v) is 7.09. The number of hydrogen-bond donors (Lipinski definition) is 0. The number of nitrogens with zero attached hydrogens (tertiary/aromatic N) is 5. The Hall–Kier alpha value is -3.06. The van der Waals surface area contributed by atoms with Gasteiger partial charge in [-0.1, -0.05) is 17.3 Å². The van der Waals surface area contributed by atoms with Crippen LogP contribution in [0.5, 0.6) is 0 Å². The maximum Gasteiger partial charge on any atom is 0.261 e. The van der Waals surface area contributed by atoms with E-state index in [0.29, 0.717) is 11.4 Å². The molecule has 1 fully saturated rings. The van der Waals surface area contributed by atoms with Gasteiger partial charge in [0.2, 0.25) is 5.82 Å². The fraction of sp³-hybridized carbons (Fsp3) is 0.286. The normalized spacial score (nSPS) is 14.9. The molecular weight excluding hydrogens is 357 g/mol. The molecule has 6 nitrogen and oxygen atoms in total. The summed E-state index contributed by atoms with van der Waals surface area (Å²) in [6.45, 7) is 4.36. The first-order valence-electron chi connectivity index (χ1n) is 9.54. The molecule has 0 spiro atoms. The van der Waals surface area contributed by atoms with Crippen molar-refractivity contribution >= 4 is 11.0 Å². The third-order valence-corrected chi connectivity index (χ3v) is 5.27. The predicted molar refractivity (Wildman–Crippen MR) is 104 cm³/mol. The molecule has 28 heavy (non-hydrogen) atoms.